The second-order valence-corrected chi connectivity index (χ2v) is 7.09. The number of carbonyl (C=O) groups is 2. The molecule has 154 valence electrons. The second kappa shape index (κ2) is 9.96. The zero-order valence-electron chi connectivity index (χ0n) is 16.6. The van der Waals surface area contributed by atoms with Crippen molar-refractivity contribution < 1.29 is 24.2 Å². The monoisotopic (exact) mass is 397 g/mol. The van der Waals surface area contributed by atoms with E-state index in [1.165, 1.54) is 0 Å². The molecule has 1 N–H and O–H groups in total. The summed E-state index contributed by atoms with van der Waals surface area (Å²) in [5.41, 5.74) is 0.964. The molecule has 2 aromatic rings. The lowest BCUT2D eigenvalue weighted by Gasteiger charge is -2.17. The molecule has 29 heavy (non-hydrogen) atoms. The van der Waals surface area contributed by atoms with Gasteiger partial charge in [-0.2, -0.15) is 0 Å². The molecule has 1 aliphatic heterocycles. The zero-order chi connectivity index (χ0) is 20.6. The van der Waals surface area contributed by atoms with Crippen molar-refractivity contribution in [3.63, 3.8) is 0 Å². The van der Waals surface area contributed by atoms with E-state index < -0.39 is 11.9 Å². The molecule has 3 rings (SSSR count). The lowest BCUT2D eigenvalue weighted by Crippen LogP contribution is -2.30. The molecule has 1 heterocycles. The van der Waals surface area contributed by atoms with E-state index in [9.17, 15) is 14.7 Å². The molecule has 0 spiro atoms. The van der Waals surface area contributed by atoms with Crippen LogP contribution in [0.5, 0.6) is 11.5 Å². The lowest BCUT2D eigenvalue weighted by molar-refractivity contribution is -0.141. The van der Waals surface area contributed by atoms with Gasteiger partial charge in [0.2, 0.25) is 5.91 Å². The molecule has 0 saturated carbocycles. The first-order valence-corrected chi connectivity index (χ1v) is 10.00. The van der Waals surface area contributed by atoms with Gasteiger partial charge in [-0.05, 0) is 31.0 Å². The minimum atomic E-state index is -0.856. The largest absolute Gasteiger partial charge is 0.490 e. The zero-order valence-corrected chi connectivity index (χ0v) is 16.6. The van der Waals surface area contributed by atoms with Gasteiger partial charge in [-0.15, -0.1) is 0 Å². The van der Waals surface area contributed by atoms with Crippen molar-refractivity contribution in [2.24, 2.45) is 5.92 Å². The number of rotatable bonds is 9. The Morgan fingerprint density at radius 1 is 1.00 bits per heavy atom. The third-order valence-corrected chi connectivity index (χ3v) is 5.16. The number of aliphatic carboxylic acids is 1. The fourth-order valence-corrected chi connectivity index (χ4v) is 3.70. The van der Waals surface area contributed by atoms with Gasteiger partial charge in [0.15, 0.2) is 11.5 Å². The van der Waals surface area contributed by atoms with Gasteiger partial charge in [-0.1, -0.05) is 42.5 Å². The van der Waals surface area contributed by atoms with Gasteiger partial charge in [0, 0.05) is 25.4 Å². The molecule has 1 fully saturated rings. The summed E-state index contributed by atoms with van der Waals surface area (Å²) < 4.78 is 11.3. The van der Waals surface area contributed by atoms with Gasteiger partial charge >= 0.3 is 5.97 Å². The number of benzene rings is 2. The van der Waals surface area contributed by atoms with Gasteiger partial charge < -0.3 is 19.5 Å². The third-order valence-electron chi connectivity index (χ3n) is 5.16. The first-order valence-electron chi connectivity index (χ1n) is 10.00. The van der Waals surface area contributed by atoms with Gasteiger partial charge in [-0.25, -0.2) is 0 Å². The first-order chi connectivity index (χ1) is 14.1. The van der Waals surface area contributed by atoms with Crippen molar-refractivity contribution in [1.82, 2.24) is 4.90 Å². The predicted octanol–water partition coefficient (Wildman–Crippen LogP) is 3.57. The molecule has 0 aliphatic carbocycles. The maximum absolute atomic E-state index is 12.6. The number of hydrogen-bond donors (Lipinski definition) is 1. The Bertz CT molecular complexity index is 823. The van der Waals surface area contributed by atoms with Crippen molar-refractivity contribution in [1.29, 1.82) is 0 Å². The van der Waals surface area contributed by atoms with Crippen LogP contribution >= 0.6 is 0 Å². The van der Waals surface area contributed by atoms with Crippen LogP contribution in [-0.2, 0) is 9.59 Å². The summed E-state index contributed by atoms with van der Waals surface area (Å²) in [4.78, 5) is 26.0. The van der Waals surface area contributed by atoms with Gasteiger partial charge in [0.05, 0.1) is 19.1 Å². The topological polar surface area (TPSA) is 76.1 Å². The smallest absolute Gasteiger partial charge is 0.308 e. The molecule has 0 aromatic heterocycles. The first kappa shape index (κ1) is 20.7. The summed E-state index contributed by atoms with van der Waals surface area (Å²) in [7, 11) is 0. The van der Waals surface area contributed by atoms with Gasteiger partial charge in [0.1, 0.15) is 0 Å². The van der Waals surface area contributed by atoms with E-state index in [2.05, 4.69) is 0 Å². The molecule has 1 saturated heterocycles. The van der Waals surface area contributed by atoms with E-state index in [1.807, 2.05) is 61.5 Å². The summed E-state index contributed by atoms with van der Waals surface area (Å²) in [6.45, 7) is 3.56. The summed E-state index contributed by atoms with van der Waals surface area (Å²) >= 11 is 0. The lowest BCUT2D eigenvalue weighted by atomic mass is 9.89. The fourth-order valence-electron chi connectivity index (χ4n) is 3.70. The number of carbonyl (C=O) groups excluding carboxylic acids is 1. The summed E-state index contributed by atoms with van der Waals surface area (Å²) in [6, 6.07) is 17.0. The van der Waals surface area contributed by atoms with Crippen molar-refractivity contribution in [3.05, 3.63) is 60.2 Å². The number of hydrogen-bond acceptors (Lipinski definition) is 4. The van der Waals surface area contributed by atoms with Crippen LogP contribution in [0, 0.1) is 5.92 Å². The van der Waals surface area contributed by atoms with E-state index >= 15 is 0 Å². The minimum Gasteiger partial charge on any atom is -0.490 e. The van der Waals surface area contributed by atoms with Crippen LogP contribution in [0.4, 0.5) is 0 Å². The molecule has 0 radical (unpaired) electrons. The number of nitrogens with zero attached hydrogens (tertiary/aromatic N) is 1. The van der Waals surface area contributed by atoms with E-state index in [0.717, 1.165) is 5.56 Å². The van der Waals surface area contributed by atoms with Crippen LogP contribution in [0.25, 0.3) is 0 Å². The predicted molar refractivity (Wildman–Crippen MR) is 109 cm³/mol. The number of carboxylic acids is 1. The van der Waals surface area contributed by atoms with Crippen molar-refractivity contribution in [2.45, 2.75) is 25.7 Å². The Morgan fingerprint density at radius 2 is 1.66 bits per heavy atom. The number of para-hydroxylation sites is 2. The van der Waals surface area contributed by atoms with Crippen molar-refractivity contribution in [3.8, 4) is 11.5 Å². The molecule has 6 nitrogen and oxygen atoms in total. The normalized spacial score (nSPS) is 18.4. The molecule has 2 atom stereocenters. The van der Waals surface area contributed by atoms with Crippen LogP contribution in [0.3, 0.4) is 0 Å². The van der Waals surface area contributed by atoms with E-state index in [1.54, 1.807) is 4.90 Å². The van der Waals surface area contributed by atoms with Gasteiger partial charge in [-0.3, -0.25) is 9.59 Å². The summed E-state index contributed by atoms with van der Waals surface area (Å²) in [6.07, 6.45) is 0.883. The highest BCUT2D eigenvalue weighted by molar-refractivity contribution is 5.79. The van der Waals surface area contributed by atoms with Crippen LogP contribution in [-0.4, -0.2) is 48.2 Å². The number of carboxylic acid groups (broad SMARTS) is 1. The van der Waals surface area contributed by atoms with Crippen molar-refractivity contribution in [2.75, 3.05) is 26.3 Å². The van der Waals surface area contributed by atoms with Gasteiger partial charge in [0.25, 0.3) is 0 Å². The standard InChI is InChI=1S/C23H27NO5/c1-2-28-20-11-6-7-12-21(20)29-14-8-13-22(25)24-15-18(19(16-24)23(26)27)17-9-4-3-5-10-17/h3-7,9-12,18-19H,2,8,13-16H2,1H3,(H,26,27)/t18-,19-/m0/s1. The Labute approximate surface area is 171 Å². The average Bonchev–Trinajstić information content (AvgIpc) is 3.19. The highest BCUT2D eigenvalue weighted by Crippen LogP contribution is 2.33. The highest BCUT2D eigenvalue weighted by Gasteiger charge is 2.40. The minimum absolute atomic E-state index is 0.0311. The number of ether oxygens (including phenoxy) is 2. The molecular formula is C23H27NO5. The van der Waals surface area contributed by atoms with E-state index in [-0.39, 0.29) is 18.4 Å². The Morgan fingerprint density at radius 3 is 2.31 bits per heavy atom. The second-order valence-electron chi connectivity index (χ2n) is 7.09. The fraction of sp³-hybridized carbons (Fsp3) is 0.391. The van der Waals surface area contributed by atoms with Crippen LogP contribution in [0.15, 0.2) is 54.6 Å². The molecule has 1 amide bonds. The third kappa shape index (κ3) is 5.28. The summed E-state index contributed by atoms with van der Waals surface area (Å²) in [5, 5.41) is 9.58. The Balaban J connectivity index is 1.51. The molecular weight excluding hydrogens is 370 g/mol. The van der Waals surface area contributed by atoms with Crippen LogP contribution in [0.2, 0.25) is 0 Å². The number of likely N-dealkylation sites (tertiary alicyclic amines) is 1. The average molecular weight is 397 g/mol. The van der Waals surface area contributed by atoms with E-state index in [0.29, 0.717) is 44.1 Å². The number of amides is 1. The Kier molecular flexibility index (Phi) is 7.11. The van der Waals surface area contributed by atoms with Crippen LogP contribution < -0.4 is 9.47 Å². The highest BCUT2D eigenvalue weighted by atomic mass is 16.5. The molecule has 0 bridgehead atoms. The quantitative estimate of drug-likeness (QED) is 0.655. The maximum Gasteiger partial charge on any atom is 0.308 e. The van der Waals surface area contributed by atoms with Crippen molar-refractivity contribution >= 4 is 11.9 Å². The van der Waals surface area contributed by atoms with E-state index in [4.69, 9.17) is 9.47 Å². The molecule has 6 heteroatoms. The molecule has 1 aliphatic rings. The van der Waals surface area contributed by atoms with Crippen LogP contribution in [0.1, 0.15) is 31.2 Å². The molecule has 2 aromatic carbocycles. The molecule has 0 unspecified atom stereocenters. The summed E-state index contributed by atoms with van der Waals surface area (Å²) in [5.74, 6) is -0.280. The maximum atomic E-state index is 12.6. The Hall–Kier alpha value is -3.02. The SMILES string of the molecule is CCOc1ccccc1OCCCC(=O)N1C[C@H](C(=O)O)[C@H](c2ccccc2)C1.